The van der Waals surface area contributed by atoms with Gasteiger partial charge in [-0.05, 0) is 80.4 Å². The van der Waals surface area contributed by atoms with Gasteiger partial charge in [-0.3, -0.25) is 9.69 Å². The zero-order valence-electron chi connectivity index (χ0n) is 26.9. The van der Waals surface area contributed by atoms with E-state index < -0.39 is 5.82 Å². The fraction of sp³-hybridized carbons (Fsp3) is 0.324. The number of halogens is 2. The topological polar surface area (TPSA) is 102 Å². The fourth-order valence-electron chi connectivity index (χ4n) is 6.12. The fourth-order valence-corrected chi connectivity index (χ4v) is 6.28. The third-order valence-electron chi connectivity index (χ3n) is 8.79. The number of nitrogens with zero attached hydrogens (tertiary/aromatic N) is 4. The molecule has 0 atom stereocenters. The van der Waals surface area contributed by atoms with Gasteiger partial charge in [0.1, 0.15) is 24.0 Å². The molecule has 6 rings (SSSR count). The van der Waals surface area contributed by atoms with E-state index in [4.69, 9.17) is 31.0 Å². The first-order valence-electron chi connectivity index (χ1n) is 16.2. The number of carbonyl (C=O) groups is 1. The van der Waals surface area contributed by atoms with Crippen LogP contribution in [0.5, 0.6) is 11.6 Å². The molecule has 1 aliphatic rings. The van der Waals surface area contributed by atoms with Crippen LogP contribution in [0.15, 0.2) is 78.9 Å². The number of imidazole rings is 1. The standard InChI is InChI=1S/C37H39ClFN5O4/c1-47-20-19-44-33-12-10-27(37(46)40-16-13-26-5-2-3-7-34(26)45)21-32(33)41-35(44)23-43-17-14-25(15-18-43)31-6-4-8-36(42-31)48-24-28-9-11-29(38)22-30(28)39/h2-12,21-22,25,45H,13-20,23-24H2,1H3,(H,40,46). The van der Waals surface area contributed by atoms with Crippen LogP contribution in [0.4, 0.5) is 4.39 Å². The molecule has 2 aromatic heterocycles. The van der Waals surface area contributed by atoms with E-state index in [0.29, 0.717) is 54.7 Å². The van der Waals surface area contributed by atoms with Crippen LogP contribution in [0.1, 0.15) is 51.8 Å². The molecule has 11 heteroatoms. The number of ether oxygens (including phenoxy) is 2. The van der Waals surface area contributed by atoms with Crippen molar-refractivity contribution in [2.75, 3.05) is 33.4 Å². The number of benzene rings is 3. The number of likely N-dealkylation sites (tertiary alicyclic amines) is 1. The average molecular weight is 672 g/mol. The van der Waals surface area contributed by atoms with Crippen molar-refractivity contribution in [2.45, 2.75) is 44.9 Å². The highest BCUT2D eigenvalue weighted by molar-refractivity contribution is 6.30. The number of carbonyl (C=O) groups excluding carboxylic acids is 1. The van der Waals surface area contributed by atoms with Gasteiger partial charge in [-0.2, -0.15) is 0 Å². The molecule has 1 saturated heterocycles. The Bertz CT molecular complexity index is 1870. The summed E-state index contributed by atoms with van der Waals surface area (Å²) in [6.07, 6.45) is 2.41. The summed E-state index contributed by atoms with van der Waals surface area (Å²) in [7, 11) is 1.69. The Morgan fingerprint density at radius 2 is 1.85 bits per heavy atom. The van der Waals surface area contributed by atoms with Gasteiger partial charge in [0.25, 0.3) is 5.91 Å². The summed E-state index contributed by atoms with van der Waals surface area (Å²) >= 11 is 5.87. The molecule has 0 radical (unpaired) electrons. The van der Waals surface area contributed by atoms with Crippen LogP contribution in [0.25, 0.3) is 11.0 Å². The Morgan fingerprint density at radius 1 is 1.02 bits per heavy atom. The van der Waals surface area contributed by atoms with Gasteiger partial charge in [-0.1, -0.05) is 41.9 Å². The number of para-hydroxylation sites is 1. The van der Waals surface area contributed by atoms with E-state index in [9.17, 15) is 14.3 Å². The Hall–Kier alpha value is -4.51. The molecular weight excluding hydrogens is 633 g/mol. The Labute approximate surface area is 284 Å². The quantitative estimate of drug-likeness (QED) is 0.147. The van der Waals surface area contributed by atoms with Gasteiger partial charge in [0, 0.05) is 54.0 Å². The smallest absolute Gasteiger partial charge is 0.251 e. The molecule has 0 aliphatic carbocycles. The summed E-state index contributed by atoms with van der Waals surface area (Å²) in [5.74, 6) is 1.34. The summed E-state index contributed by atoms with van der Waals surface area (Å²) < 4.78 is 27.6. The molecule has 3 heterocycles. The van der Waals surface area contributed by atoms with Crippen molar-refractivity contribution in [2.24, 2.45) is 0 Å². The van der Waals surface area contributed by atoms with Gasteiger partial charge in [-0.25, -0.2) is 14.4 Å². The zero-order valence-corrected chi connectivity index (χ0v) is 27.6. The molecule has 1 aliphatic heterocycles. The maximum Gasteiger partial charge on any atom is 0.251 e. The van der Waals surface area contributed by atoms with Gasteiger partial charge in [-0.15, -0.1) is 0 Å². The molecule has 0 spiro atoms. The maximum atomic E-state index is 14.2. The van der Waals surface area contributed by atoms with Crippen molar-refractivity contribution in [1.82, 2.24) is 24.8 Å². The molecule has 1 amide bonds. The number of amides is 1. The number of aromatic hydroxyl groups is 1. The van der Waals surface area contributed by atoms with Crippen LogP contribution in [0, 0.1) is 5.82 Å². The monoisotopic (exact) mass is 671 g/mol. The second kappa shape index (κ2) is 15.6. The molecular formula is C37H39ClFN5O4. The Balaban J connectivity index is 1.07. The number of pyridine rings is 1. The maximum absolute atomic E-state index is 14.2. The van der Waals surface area contributed by atoms with Crippen LogP contribution in [-0.4, -0.2) is 63.8 Å². The molecule has 3 aromatic carbocycles. The number of phenolic OH excluding ortho intramolecular Hbond substituents is 1. The molecule has 0 bridgehead atoms. The number of hydrogen-bond acceptors (Lipinski definition) is 7. The van der Waals surface area contributed by atoms with Crippen LogP contribution >= 0.6 is 11.6 Å². The van der Waals surface area contributed by atoms with E-state index in [-0.39, 0.29) is 24.2 Å². The van der Waals surface area contributed by atoms with Gasteiger partial charge in [0.2, 0.25) is 5.88 Å². The summed E-state index contributed by atoms with van der Waals surface area (Å²) in [4.78, 5) is 25.1. The Kier molecular flexibility index (Phi) is 10.8. The number of aromatic nitrogens is 3. The van der Waals surface area contributed by atoms with E-state index in [0.717, 1.165) is 54.0 Å². The molecule has 250 valence electrons. The number of fused-ring (bicyclic) bond motifs is 1. The molecule has 0 saturated carbocycles. The second-order valence-corrected chi connectivity index (χ2v) is 12.4. The lowest BCUT2D eigenvalue weighted by molar-refractivity contribution is 0.0954. The first-order valence-corrected chi connectivity index (χ1v) is 16.5. The van der Waals surface area contributed by atoms with Gasteiger partial charge < -0.3 is 24.5 Å². The number of methoxy groups -OCH3 is 1. The number of hydrogen-bond donors (Lipinski definition) is 2. The average Bonchev–Trinajstić information content (AvgIpc) is 3.44. The van der Waals surface area contributed by atoms with Crippen LogP contribution < -0.4 is 10.1 Å². The number of piperidine rings is 1. The van der Waals surface area contributed by atoms with Crippen molar-refractivity contribution < 1.29 is 23.8 Å². The zero-order chi connectivity index (χ0) is 33.5. The molecule has 5 aromatic rings. The van der Waals surface area contributed by atoms with Crippen LogP contribution in [0.2, 0.25) is 5.02 Å². The van der Waals surface area contributed by atoms with E-state index in [2.05, 4.69) is 14.8 Å². The number of rotatable bonds is 13. The highest BCUT2D eigenvalue weighted by atomic mass is 35.5. The van der Waals surface area contributed by atoms with Gasteiger partial charge >= 0.3 is 0 Å². The summed E-state index contributed by atoms with van der Waals surface area (Å²) in [5, 5.41) is 13.3. The first-order chi connectivity index (χ1) is 23.4. The van der Waals surface area contributed by atoms with E-state index in [1.54, 1.807) is 37.4 Å². The molecule has 9 nitrogen and oxygen atoms in total. The van der Waals surface area contributed by atoms with Crippen molar-refractivity contribution in [1.29, 1.82) is 0 Å². The van der Waals surface area contributed by atoms with E-state index in [1.807, 2.05) is 42.5 Å². The molecule has 1 fully saturated rings. The summed E-state index contributed by atoms with van der Waals surface area (Å²) in [5.41, 5.74) is 4.46. The predicted octanol–water partition coefficient (Wildman–Crippen LogP) is 6.51. The molecule has 48 heavy (non-hydrogen) atoms. The summed E-state index contributed by atoms with van der Waals surface area (Å²) in [6.45, 7) is 4.13. The minimum Gasteiger partial charge on any atom is -0.508 e. The first kappa shape index (κ1) is 33.4. The molecule has 0 unspecified atom stereocenters. The normalized spacial score (nSPS) is 14.0. The van der Waals surface area contributed by atoms with Crippen molar-refractivity contribution >= 4 is 28.5 Å². The minimum absolute atomic E-state index is 0.0772. The third-order valence-corrected chi connectivity index (χ3v) is 9.02. The second-order valence-electron chi connectivity index (χ2n) is 12.0. The van der Waals surface area contributed by atoms with Crippen LogP contribution in [0.3, 0.4) is 0 Å². The van der Waals surface area contributed by atoms with Crippen molar-refractivity contribution in [3.63, 3.8) is 0 Å². The van der Waals surface area contributed by atoms with Gasteiger partial charge in [0.05, 0.1) is 24.2 Å². The minimum atomic E-state index is -0.398. The predicted molar refractivity (Wildman–Crippen MR) is 183 cm³/mol. The highest BCUT2D eigenvalue weighted by Gasteiger charge is 2.24. The lowest BCUT2D eigenvalue weighted by atomic mass is 9.93. The lowest BCUT2D eigenvalue weighted by Gasteiger charge is -2.31. The lowest BCUT2D eigenvalue weighted by Crippen LogP contribution is -2.33. The van der Waals surface area contributed by atoms with E-state index >= 15 is 0 Å². The Morgan fingerprint density at radius 3 is 2.65 bits per heavy atom. The number of phenols is 1. The number of nitrogens with one attached hydrogen (secondary N) is 1. The SMILES string of the molecule is COCCn1c(CN2CCC(c3cccc(OCc4ccc(Cl)cc4F)n3)CC2)nc2cc(C(=O)NCCc3ccccc3O)ccc21. The highest BCUT2D eigenvalue weighted by Crippen LogP contribution is 2.29. The third kappa shape index (κ3) is 8.13. The largest absolute Gasteiger partial charge is 0.508 e. The summed E-state index contributed by atoms with van der Waals surface area (Å²) in [6, 6.07) is 23.1. The van der Waals surface area contributed by atoms with Gasteiger partial charge in [0.15, 0.2) is 0 Å². The van der Waals surface area contributed by atoms with Crippen molar-refractivity contribution in [3.8, 4) is 11.6 Å². The van der Waals surface area contributed by atoms with Crippen LogP contribution in [-0.2, 0) is 30.9 Å². The van der Waals surface area contributed by atoms with Crippen molar-refractivity contribution in [3.05, 3.63) is 118 Å². The van der Waals surface area contributed by atoms with E-state index in [1.165, 1.54) is 6.07 Å². The molecule has 2 N–H and O–H groups in total.